The summed E-state index contributed by atoms with van der Waals surface area (Å²) in [5, 5.41) is 2.90. The van der Waals surface area contributed by atoms with Crippen molar-refractivity contribution in [1.29, 1.82) is 0 Å². The van der Waals surface area contributed by atoms with Gasteiger partial charge in [0, 0.05) is 50.4 Å². The second-order valence-electron chi connectivity index (χ2n) is 9.33. The van der Waals surface area contributed by atoms with Crippen molar-refractivity contribution in [2.45, 2.75) is 19.1 Å². The Hall–Kier alpha value is -3.45. The molecule has 0 spiro atoms. The van der Waals surface area contributed by atoms with Gasteiger partial charge in [-0.2, -0.15) is 13.2 Å². The van der Waals surface area contributed by atoms with Gasteiger partial charge < -0.3 is 15.1 Å². The van der Waals surface area contributed by atoms with Crippen molar-refractivity contribution in [2.24, 2.45) is 0 Å². The molecule has 1 N–H and O–H groups in total. The Morgan fingerprint density at radius 2 is 1.72 bits per heavy atom. The van der Waals surface area contributed by atoms with Gasteiger partial charge in [0.15, 0.2) is 11.6 Å². The number of nitrogens with one attached hydrogen (secondary N) is 1. The summed E-state index contributed by atoms with van der Waals surface area (Å²) in [4.78, 5) is 42.4. The molecule has 14 heteroatoms. The average Bonchev–Trinajstić information content (AvgIpc) is 3.12. The van der Waals surface area contributed by atoms with Crippen molar-refractivity contribution in [1.82, 2.24) is 14.7 Å². The number of imide groups is 1. The second kappa shape index (κ2) is 11.3. The van der Waals surface area contributed by atoms with Gasteiger partial charge in [-0.25, -0.2) is 13.6 Å². The number of carbonyl (C=O) groups is 3. The molecule has 2 saturated heterocycles. The molecule has 2 aromatic rings. The number of piperazine rings is 1. The molecular formula is C25H25ClF5N5O3. The molecule has 2 heterocycles. The molecule has 0 radical (unpaired) electrons. The molecule has 0 saturated carbocycles. The van der Waals surface area contributed by atoms with E-state index < -0.39 is 54.2 Å². The number of hydrogen-bond donors (Lipinski definition) is 1. The van der Waals surface area contributed by atoms with Crippen LogP contribution in [0.15, 0.2) is 30.3 Å². The summed E-state index contributed by atoms with van der Waals surface area (Å²) >= 11 is 6.14. The first-order valence-electron chi connectivity index (χ1n) is 12.0. The monoisotopic (exact) mass is 573 g/mol. The standard InChI is InChI=1S/C25H25ClF5N5O3/c1-33-14-20(37)36(24(33)39)13-15-2-4-17(22(28)21(15)27)23(38)32-18-5-3-16(26)12-19(18)35-10-8-34(9-11-35)7-6-25(29,30)31/h2-5,12H,6-11,13-14H2,1H3,(H,32,38). The molecule has 39 heavy (non-hydrogen) atoms. The van der Waals surface area contributed by atoms with E-state index in [4.69, 9.17) is 11.6 Å². The van der Waals surface area contributed by atoms with Crippen LogP contribution >= 0.6 is 11.6 Å². The normalized spacial score (nSPS) is 16.8. The van der Waals surface area contributed by atoms with Gasteiger partial charge in [0.1, 0.15) is 6.54 Å². The molecule has 8 nitrogen and oxygen atoms in total. The molecule has 2 aliphatic rings. The van der Waals surface area contributed by atoms with E-state index in [0.717, 1.165) is 21.9 Å². The fourth-order valence-electron chi connectivity index (χ4n) is 4.44. The number of nitrogens with zero attached hydrogens (tertiary/aromatic N) is 4. The van der Waals surface area contributed by atoms with E-state index in [1.807, 2.05) is 4.90 Å². The van der Waals surface area contributed by atoms with Crippen molar-refractivity contribution in [3.8, 4) is 0 Å². The number of likely N-dealkylation sites (N-methyl/N-ethyl adjacent to an activating group) is 1. The maximum Gasteiger partial charge on any atom is 0.390 e. The van der Waals surface area contributed by atoms with E-state index in [9.17, 15) is 36.3 Å². The Morgan fingerprint density at radius 3 is 2.33 bits per heavy atom. The lowest BCUT2D eigenvalue weighted by Crippen LogP contribution is -2.47. The van der Waals surface area contributed by atoms with Gasteiger partial charge >= 0.3 is 12.2 Å². The predicted octanol–water partition coefficient (Wildman–Crippen LogP) is 4.34. The predicted molar refractivity (Wildman–Crippen MR) is 134 cm³/mol. The summed E-state index contributed by atoms with van der Waals surface area (Å²) in [6.07, 6.45) is -5.15. The quantitative estimate of drug-likeness (QED) is 0.394. The van der Waals surface area contributed by atoms with E-state index >= 15 is 0 Å². The lowest BCUT2D eigenvalue weighted by molar-refractivity contribution is -0.138. The summed E-state index contributed by atoms with van der Waals surface area (Å²) in [7, 11) is 1.41. The van der Waals surface area contributed by atoms with Crippen LogP contribution in [-0.4, -0.2) is 85.0 Å². The SMILES string of the molecule is CN1CC(=O)N(Cc2ccc(C(=O)Nc3ccc(Cl)cc3N3CCN(CCC(F)(F)F)CC3)c(F)c2F)C1=O. The molecule has 2 fully saturated rings. The number of rotatable bonds is 7. The zero-order chi connectivity index (χ0) is 28.5. The van der Waals surface area contributed by atoms with Gasteiger partial charge in [0.05, 0.1) is 29.9 Å². The highest BCUT2D eigenvalue weighted by molar-refractivity contribution is 6.31. The fraction of sp³-hybridized carbons (Fsp3) is 0.400. The van der Waals surface area contributed by atoms with Gasteiger partial charge in [-0.15, -0.1) is 0 Å². The van der Waals surface area contributed by atoms with E-state index in [-0.39, 0.29) is 24.3 Å². The number of urea groups is 1. The van der Waals surface area contributed by atoms with E-state index in [0.29, 0.717) is 36.9 Å². The van der Waals surface area contributed by atoms with Crippen LogP contribution in [0.5, 0.6) is 0 Å². The third-order valence-electron chi connectivity index (χ3n) is 6.60. The molecule has 0 atom stereocenters. The van der Waals surface area contributed by atoms with Crippen molar-refractivity contribution < 1.29 is 36.3 Å². The Labute approximate surface area is 225 Å². The number of amides is 4. The minimum absolute atomic E-state index is 0.117. The van der Waals surface area contributed by atoms with Crippen LogP contribution in [-0.2, 0) is 11.3 Å². The van der Waals surface area contributed by atoms with E-state index in [1.54, 1.807) is 11.0 Å². The smallest absolute Gasteiger partial charge is 0.367 e. The minimum Gasteiger partial charge on any atom is -0.367 e. The number of halogens is 6. The van der Waals surface area contributed by atoms with Crippen LogP contribution in [0, 0.1) is 11.6 Å². The second-order valence-corrected chi connectivity index (χ2v) is 9.76. The van der Waals surface area contributed by atoms with Crippen molar-refractivity contribution in [3.05, 3.63) is 58.1 Å². The summed E-state index contributed by atoms with van der Waals surface area (Å²) in [5.74, 6) is -4.30. The lowest BCUT2D eigenvalue weighted by Gasteiger charge is -2.37. The van der Waals surface area contributed by atoms with Crippen molar-refractivity contribution >= 4 is 40.8 Å². The first-order chi connectivity index (χ1) is 18.3. The number of anilines is 2. The summed E-state index contributed by atoms with van der Waals surface area (Å²) in [6.45, 7) is 0.667. The van der Waals surface area contributed by atoms with Crippen LogP contribution in [0.1, 0.15) is 22.3 Å². The highest BCUT2D eigenvalue weighted by Gasteiger charge is 2.34. The van der Waals surface area contributed by atoms with Crippen LogP contribution in [0.4, 0.5) is 38.1 Å². The van der Waals surface area contributed by atoms with E-state index in [2.05, 4.69) is 5.32 Å². The van der Waals surface area contributed by atoms with Crippen LogP contribution in [0.2, 0.25) is 5.02 Å². The molecule has 4 amide bonds. The third-order valence-corrected chi connectivity index (χ3v) is 6.83. The zero-order valence-electron chi connectivity index (χ0n) is 20.8. The van der Waals surface area contributed by atoms with Crippen molar-refractivity contribution in [2.75, 3.05) is 56.5 Å². The van der Waals surface area contributed by atoms with Gasteiger partial charge in [-0.1, -0.05) is 17.7 Å². The molecule has 0 bridgehead atoms. The Kier molecular flexibility index (Phi) is 8.31. The first kappa shape index (κ1) is 28.6. The summed E-state index contributed by atoms with van der Waals surface area (Å²) in [5.41, 5.74) is -0.116. The topological polar surface area (TPSA) is 76.2 Å². The lowest BCUT2D eigenvalue weighted by atomic mass is 10.1. The summed E-state index contributed by atoms with van der Waals surface area (Å²) in [6, 6.07) is 6.13. The molecule has 0 aliphatic carbocycles. The van der Waals surface area contributed by atoms with Crippen LogP contribution in [0.3, 0.4) is 0 Å². The summed E-state index contributed by atoms with van der Waals surface area (Å²) < 4.78 is 67.4. The Bertz CT molecular complexity index is 1280. The van der Waals surface area contributed by atoms with Gasteiger partial charge in [-0.3, -0.25) is 19.4 Å². The molecule has 2 aliphatic heterocycles. The largest absolute Gasteiger partial charge is 0.390 e. The number of hydrogen-bond acceptors (Lipinski definition) is 5. The number of benzene rings is 2. The first-order valence-corrected chi connectivity index (χ1v) is 12.4. The molecule has 4 rings (SSSR count). The maximum atomic E-state index is 14.9. The zero-order valence-corrected chi connectivity index (χ0v) is 21.6. The van der Waals surface area contributed by atoms with E-state index in [1.165, 1.54) is 19.2 Å². The van der Waals surface area contributed by atoms with Gasteiger partial charge in [0.2, 0.25) is 0 Å². The molecular weight excluding hydrogens is 549 g/mol. The molecule has 0 aromatic heterocycles. The fourth-order valence-corrected chi connectivity index (χ4v) is 4.61. The highest BCUT2D eigenvalue weighted by Crippen LogP contribution is 2.31. The average molecular weight is 574 g/mol. The van der Waals surface area contributed by atoms with Gasteiger partial charge in [0.25, 0.3) is 11.8 Å². The highest BCUT2D eigenvalue weighted by atomic mass is 35.5. The maximum absolute atomic E-state index is 14.9. The molecule has 2 aromatic carbocycles. The molecule has 0 unspecified atom stereocenters. The minimum atomic E-state index is -4.24. The van der Waals surface area contributed by atoms with Crippen LogP contribution < -0.4 is 10.2 Å². The Morgan fingerprint density at radius 1 is 1.03 bits per heavy atom. The third kappa shape index (κ3) is 6.59. The Balaban J connectivity index is 1.47. The molecule has 210 valence electrons. The van der Waals surface area contributed by atoms with Crippen molar-refractivity contribution in [3.63, 3.8) is 0 Å². The number of alkyl halides is 3. The number of carbonyl (C=O) groups excluding carboxylic acids is 3. The van der Waals surface area contributed by atoms with Gasteiger partial charge in [-0.05, 0) is 24.3 Å². The van der Waals surface area contributed by atoms with Crippen LogP contribution in [0.25, 0.3) is 0 Å².